The maximum Gasteiger partial charge on any atom is 0.191 e. The highest BCUT2D eigenvalue weighted by Gasteiger charge is 2.00. The average Bonchev–Trinajstić information content (AvgIpc) is 2.43. The molecule has 0 saturated heterocycles. The second-order valence-electron chi connectivity index (χ2n) is 6.02. The van der Waals surface area contributed by atoms with E-state index in [1.54, 1.807) is 0 Å². The molecule has 0 unspecified atom stereocenters. The molecule has 126 valence electrons. The standard InChI is InChI=1S/C17H30N4.HI/c1-6-18-17(19-11-14(2)3)20-12-15-7-9-16(10-8-15)13-21(4)5;/h7-10,14H,6,11-13H2,1-5H3,(H2,18,19,20);1H. The largest absolute Gasteiger partial charge is 0.357 e. The van der Waals surface area contributed by atoms with Crippen molar-refractivity contribution in [3.63, 3.8) is 0 Å². The second kappa shape index (κ2) is 11.7. The monoisotopic (exact) mass is 418 g/mol. The lowest BCUT2D eigenvalue weighted by Gasteiger charge is -2.13. The lowest BCUT2D eigenvalue weighted by atomic mass is 10.1. The highest BCUT2D eigenvalue weighted by molar-refractivity contribution is 14.0. The molecule has 1 aromatic carbocycles. The molecule has 0 amide bonds. The molecule has 0 radical (unpaired) electrons. The van der Waals surface area contributed by atoms with Gasteiger partial charge in [0.25, 0.3) is 0 Å². The van der Waals surface area contributed by atoms with E-state index in [2.05, 4.69) is 79.7 Å². The van der Waals surface area contributed by atoms with Gasteiger partial charge in [-0.05, 0) is 38.1 Å². The van der Waals surface area contributed by atoms with Crippen molar-refractivity contribution in [1.29, 1.82) is 0 Å². The van der Waals surface area contributed by atoms with Crippen LogP contribution in [0.25, 0.3) is 0 Å². The Balaban J connectivity index is 0.00000441. The Morgan fingerprint density at radius 1 is 1.09 bits per heavy atom. The summed E-state index contributed by atoms with van der Waals surface area (Å²) >= 11 is 0. The van der Waals surface area contributed by atoms with Crippen LogP contribution in [0.3, 0.4) is 0 Å². The van der Waals surface area contributed by atoms with E-state index in [0.717, 1.165) is 25.6 Å². The zero-order valence-corrected chi connectivity index (χ0v) is 16.8. The molecular formula is C17H31IN4. The molecule has 0 aromatic heterocycles. The summed E-state index contributed by atoms with van der Waals surface area (Å²) in [6, 6.07) is 8.68. The predicted molar refractivity (Wildman–Crippen MR) is 107 cm³/mol. The van der Waals surface area contributed by atoms with Crippen LogP contribution in [0, 0.1) is 5.92 Å². The lowest BCUT2D eigenvalue weighted by molar-refractivity contribution is 0.402. The topological polar surface area (TPSA) is 39.7 Å². The summed E-state index contributed by atoms with van der Waals surface area (Å²) in [5.74, 6) is 1.50. The maximum atomic E-state index is 4.63. The zero-order chi connectivity index (χ0) is 15.7. The summed E-state index contributed by atoms with van der Waals surface area (Å²) in [7, 11) is 4.17. The molecule has 0 fully saturated rings. The van der Waals surface area contributed by atoms with Crippen molar-refractivity contribution in [3.05, 3.63) is 35.4 Å². The van der Waals surface area contributed by atoms with Crippen LogP contribution in [0.15, 0.2) is 29.3 Å². The Morgan fingerprint density at radius 3 is 2.18 bits per heavy atom. The number of halogens is 1. The Labute approximate surface area is 152 Å². The van der Waals surface area contributed by atoms with Gasteiger partial charge < -0.3 is 15.5 Å². The van der Waals surface area contributed by atoms with Crippen LogP contribution in [0.1, 0.15) is 31.9 Å². The van der Waals surface area contributed by atoms with E-state index in [4.69, 9.17) is 0 Å². The molecule has 0 aliphatic heterocycles. The van der Waals surface area contributed by atoms with Crippen molar-refractivity contribution in [2.45, 2.75) is 33.9 Å². The van der Waals surface area contributed by atoms with Crippen LogP contribution < -0.4 is 10.6 Å². The van der Waals surface area contributed by atoms with Gasteiger partial charge >= 0.3 is 0 Å². The molecule has 0 bridgehead atoms. The summed E-state index contributed by atoms with van der Waals surface area (Å²) in [6.45, 7) is 9.97. The lowest BCUT2D eigenvalue weighted by Crippen LogP contribution is -2.39. The van der Waals surface area contributed by atoms with E-state index in [1.807, 2.05) is 0 Å². The fourth-order valence-electron chi connectivity index (χ4n) is 1.93. The van der Waals surface area contributed by atoms with Gasteiger partial charge in [-0.15, -0.1) is 24.0 Å². The molecule has 1 aromatic rings. The number of rotatable bonds is 7. The van der Waals surface area contributed by atoms with Gasteiger partial charge in [-0.25, -0.2) is 4.99 Å². The van der Waals surface area contributed by atoms with E-state index in [1.165, 1.54) is 11.1 Å². The van der Waals surface area contributed by atoms with Gasteiger partial charge in [-0.2, -0.15) is 0 Å². The third-order valence-corrected chi connectivity index (χ3v) is 2.96. The molecule has 22 heavy (non-hydrogen) atoms. The molecule has 0 heterocycles. The number of guanidine groups is 1. The van der Waals surface area contributed by atoms with Crippen LogP contribution in [0.5, 0.6) is 0 Å². The van der Waals surface area contributed by atoms with Crippen LogP contribution in [0.2, 0.25) is 0 Å². The molecule has 5 heteroatoms. The van der Waals surface area contributed by atoms with Crippen LogP contribution in [-0.4, -0.2) is 38.0 Å². The number of hydrogen-bond donors (Lipinski definition) is 2. The van der Waals surface area contributed by atoms with E-state index in [9.17, 15) is 0 Å². The van der Waals surface area contributed by atoms with Crippen LogP contribution >= 0.6 is 24.0 Å². The van der Waals surface area contributed by atoms with Crippen molar-refractivity contribution in [1.82, 2.24) is 15.5 Å². The highest BCUT2D eigenvalue weighted by atomic mass is 127. The minimum Gasteiger partial charge on any atom is -0.357 e. The van der Waals surface area contributed by atoms with Crippen molar-refractivity contribution in [3.8, 4) is 0 Å². The first-order valence-electron chi connectivity index (χ1n) is 7.76. The number of nitrogens with one attached hydrogen (secondary N) is 2. The summed E-state index contributed by atoms with van der Waals surface area (Å²) in [6.07, 6.45) is 0. The molecule has 0 spiro atoms. The quantitative estimate of drug-likeness (QED) is 0.406. The van der Waals surface area contributed by atoms with Crippen LogP contribution in [0.4, 0.5) is 0 Å². The third kappa shape index (κ3) is 9.25. The highest BCUT2D eigenvalue weighted by Crippen LogP contribution is 2.07. The number of nitrogens with zero attached hydrogens (tertiary/aromatic N) is 2. The van der Waals surface area contributed by atoms with Crippen molar-refractivity contribution in [2.24, 2.45) is 10.9 Å². The smallest absolute Gasteiger partial charge is 0.191 e. The van der Waals surface area contributed by atoms with Gasteiger partial charge in [-0.1, -0.05) is 38.1 Å². The minimum atomic E-state index is 0. The first-order valence-corrected chi connectivity index (χ1v) is 7.76. The predicted octanol–water partition coefficient (Wildman–Crippen LogP) is 3.08. The molecule has 0 atom stereocenters. The van der Waals surface area contributed by atoms with Gasteiger partial charge in [0.2, 0.25) is 0 Å². The van der Waals surface area contributed by atoms with Gasteiger partial charge in [-0.3, -0.25) is 0 Å². The molecule has 0 saturated carbocycles. The first kappa shape index (κ1) is 21.2. The fourth-order valence-corrected chi connectivity index (χ4v) is 1.93. The Hall–Kier alpha value is -0.820. The number of aliphatic imine (C=N–C) groups is 1. The van der Waals surface area contributed by atoms with E-state index in [0.29, 0.717) is 12.5 Å². The molecule has 1 rings (SSSR count). The number of benzene rings is 1. The van der Waals surface area contributed by atoms with E-state index < -0.39 is 0 Å². The normalized spacial score (nSPS) is 11.5. The molecule has 2 N–H and O–H groups in total. The molecular weight excluding hydrogens is 387 g/mol. The second-order valence-corrected chi connectivity index (χ2v) is 6.02. The van der Waals surface area contributed by atoms with E-state index in [-0.39, 0.29) is 24.0 Å². The fraction of sp³-hybridized carbons (Fsp3) is 0.588. The van der Waals surface area contributed by atoms with Crippen molar-refractivity contribution < 1.29 is 0 Å². The average molecular weight is 418 g/mol. The van der Waals surface area contributed by atoms with Crippen molar-refractivity contribution >= 4 is 29.9 Å². The van der Waals surface area contributed by atoms with Gasteiger partial charge in [0, 0.05) is 19.6 Å². The molecule has 0 aliphatic carbocycles. The summed E-state index contributed by atoms with van der Waals surface area (Å²) in [4.78, 5) is 6.80. The Kier molecular flexibility index (Phi) is 11.3. The van der Waals surface area contributed by atoms with Gasteiger partial charge in [0.1, 0.15) is 0 Å². The van der Waals surface area contributed by atoms with E-state index >= 15 is 0 Å². The van der Waals surface area contributed by atoms with Crippen molar-refractivity contribution in [2.75, 3.05) is 27.2 Å². The van der Waals surface area contributed by atoms with Crippen LogP contribution in [-0.2, 0) is 13.1 Å². The number of hydrogen-bond acceptors (Lipinski definition) is 2. The zero-order valence-electron chi connectivity index (χ0n) is 14.5. The summed E-state index contributed by atoms with van der Waals surface area (Å²) in [5, 5.41) is 6.64. The first-order chi connectivity index (χ1) is 10.0. The Bertz CT molecular complexity index is 427. The SMILES string of the molecule is CCNC(=NCc1ccc(CN(C)C)cc1)NCC(C)C.I. The summed E-state index contributed by atoms with van der Waals surface area (Å²) < 4.78 is 0. The third-order valence-electron chi connectivity index (χ3n) is 2.96. The summed E-state index contributed by atoms with van der Waals surface area (Å²) in [5.41, 5.74) is 2.57. The minimum absolute atomic E-state index is 0. The van der Waals surface area contributed by atoms with Gasteiger partial charge in [0.15, 0.2) is 5.96 Å². The Morgan fingerprint density at radius 2 is 1.68 bits per heavy atom. The maximum absolute atomic E-state index is 4.63. The molecule has 4 nitrogen and oxygen atoms in total. The molecule has 0 aliphatic rings. The van der Waals surface area contributed by atoms with Gasteiger partial charge in [0.05, 0.1) is 6.54 Å².